The van der Waals surface area contributed by atoms with Crippen LogP contribution in [-0.2, 0) is 0 Å². The number of fused-ring (bicyclic) bond motifs is 1. The lowest BCUT2D eigenvalue weighted by molar-refractivity contribution is -0.0717. The van der Waals surface area contributed by atoms with Gasteiger partial charge in [0.1, 0.15) is 0 Å². The van der Waals surface area contributed by atoms with Gasteiger partial charge in [0.15, 0.2) is 0 Å². The molecule has 0 heterocycles. The van der Waals surface area contributed by atoms with Crippen molar-refractivity contribution in [3.63, 3.8) is 0 Å². The second-order valence-electron chi connectivity index (χ2n) is 7.70. The number of hydrogen-bond acceptors (Lipinski definition) is 1. The van der Waals surface area contributed by atoms with Crippen LogP contribution in [0.5, 0.6) is 0 Å². The highest BCUT2D eigenvalue weighted by Gasteiger charge is 2.67. The largest absolute Gasteiger partial charge is 0.390 e. The zero-order chi connectivity index (χ0) is 11.8. The Hall–Kier alpha value is -0.0400. The molecular formula is C15H26O. The molecule has 2 unspecified atom stereocenters. The monoisotopic (exact) mass is 222 g/mol. The molecule has 0 saturated heterocycles. The number of hydrogen-bond donors (Lipinski definition) is 1. The van der Waals surface area contributed by atoms with E-state index in [-0.39, 0.29) is 0 Å². The highest BCUT2D eigenvalue weighted by atomic mass is 16.3. The van der Waals surface area contributed by atoms with Gasteiger partial charge in [-0.2, -0.15) is 0 Å². The summed E-state index contributed by atoms with van der Waals surface area (Å²) >= 11 is 0. The summed E-state index contributed by atoms with van der Waals surface area (Å²) in [6, 6.07) is 0. The van der Waals surface area contributed by atoms with Gasteiger partial charge < -0.3 is 5.11 Å². The third kappa shape index (κ3) is 1.06. The SMILES string of the molecule is C[C@@H]1CCC2C(C)(C)[C@H]3CC21CC[C@@]3(C)O. The molecule has 16 heavy (non-hydrogen) atoms. The van der Waals surface area contributed by atoms with Crippen molar-refractivity contribution in [3.8, 4) is 0 Å². The van der Waals surface area contributed by atoms with Crippen molar-refractivity contribution in [2.75, 3.05) is 0 Å². The van der Waals surface area contributed by atoms with E-state index in [0.717, 1.165) is 18.3 Å². The van der Waals surface area contributed by atoms with Gasteiger partial charge in [-0.1, -0.05) is 20.8 Å². The van der Waals surface area contributed by atoms with Crippen molar-refractivity contribution in [2.45, 2.75) is 65.4 Å². The summed E-state index contributed by atoms with van der Waals surface area (Å²) in [5, 5.41) is 10.6. The van der Waals surface area contributed by atoms with Crippen LogP contribution in [0.25, 0.3) is 0 Å². The summed E-state index contributed by atoms with van der Waals surface area (Å²) in [6.45, 7) is 9.38. The average Bonchev–Trinajstić information content (AvgIpc) is 2.58. The Morgan fingerprint density at radius 2 is 1.69 bits per heavy atom. The molecule has 3 saturated carbocycles. The summed E-state index contributed by atoms with van der Waals surface area (Å²) in [4.78, 5) is 0. The van der Waals surface area contributed by atoms with Gasteiger partial charge in [-0.15, -0.1) is 0 Å². The van der Waals surface area contributed by atoms with E-state index in [1.54, 1.807) is 0 Å². The van der Waals surface area contributed by atoms with E-state index in [0.29, 0.717) is 16.7 Å². The number of aliphatic hydroxyl groups is 1. The molecule has 0 radical (unpaired) electrons. The zero-order valence-electron chi connectivity index (χ0n) is 11.2. The van der Waals surface area contributed by atoms with Crippen LogP contribution in [0.2, 0.25) is 0 Å². The van der Waals surface area contributed by atoms with Gasteiger partial charge in [0.2, 0.25) is 0 Å². The molecule has 0 aromatic rings. The maximum absolute atomic E-state index is 10.6. The highest BCUT2D eigenvalue weighted by molar-refractivity contribution is 5.16. The van der Waals surface area contributed by atoms with Crippen LogP contribution >= 0.6 is 0 Å². The van der Waals surface area contributed by atoms with Crippen LogP contribution < -0.4 is 0 Å². The van der Waals surface area contributed by atoms with Gasteiger partial charge in [0.25, 0.3) is 0 Å². The van der Waals surface area contributed by atoms with E-state index < -0.39 is 5.60 Å². The van der Waals surface area contributed by atoms with E-state index in [2.05, 4.69) is 27.7 Å². The second kappa shape index (κ2) is 2.85. The normalized spacial score (nSPS) is 58.7. The first kappa shape index (κ1) is 11.1. The van der Waals surface area contributed by atoms with Gasteiger partial charge in [0, 0.05) is 0 Å². The molecule has 0 aliphatic heterocycles. The quantitative estimate of drug-likeness (QED) is 0.664. The molecule has 92 valence electrons. The first-order valence-corrected chi connectivity index (χ1v) is 7.03. The van der Waals surface area contributed by atoms with Crippen molar-refractivity contribution < 1.29 is 5.11 Å². The fourth-order valence-electron chi connectivity index (χ4n) is 5.88. The summed E-state index contributed by atoms with van der Waals surface area (Å²) in [6.07, 6.45) is 6.41. The molecule has 2 bridgehead atoms. The molecule has 3 aliphatic rings. The Morgan fingerprint density at radius 1 is 1.00 bits per heavy atom. The van der Waals surface area contributed by atoms with Gasteiger partial charge in [-0.05, 0) is 67.6 Å². The van der Waals surface area contributed by atoms with Crippen molar-refractivity contribution >= 4 is 0 Å². The molecule has 5 atom stereocenters. The Balaban J connectivity index is 2.07. The van der Waals surface area contributed by atoms with Crippen LogP contribution in [0, 0.1) is 28.6 Å². The average molecular weight is 222 g/mol. The lowest BCUT2D eigenvalue weighted by Crippen LogP contribution is -2.44. The van der Waals surface area contributed by atoms with Gasteiger partial charge in [-0.3, -0.25) is 0 Å². The van der Waals surface area contributed by atoms with Gasteiger partial charge in [0.05, 0.1) is 5.60 Å². The Kier molecular flexibility index (Phi) is 1.98. The van der Waals surface area contributed by atoms with Gasteiger partial charge in [-0.25, -0.2) is 0 Å². The predicted octanol–water partition coefficient (Wildman–Crippen LogP) is 3.61. The third-order valence-corrected chi connectivity index (χ3v) is 6.79. The van der Waals surface area contributed by atoms with E-state index in [1.165, 1.54) is 25.7 Å². The smallest absolute Gasteiger partial charge is 0.0653 e. The number of rotatable bonds is 0. The first-order valence-electron chi connectivity index (χ1n) is 7.03. The molecule has 0 aromatic heterocycles. The predicted molar refractivity (Wildman–Crippen MR) is 66.1 cm³/mol. The Labute approximate surface area is 99.6 Å². The van der Waals surface area contributed by atoms with Crippen LogP contribution in [0.3, 0.4) is 0 Å². The van der Waals surface area contributed by atoms with Crippen LogP contribution in [0.1, 0.15) is 59.8 Å². The molecule has 1 spiro atoms. The fraction of sp³-hybridized carbons (Fsp3) is 1.00. The highest BCUT2D eigenvalue weighted by Crippen LogP contribution is 2.73. The Bertz CT molecular complexity index is 313. The standard InChI is InChI=1S/C15H26O/c1-10-5-6-11-13(2,3)12-9-15(10,11)8-7-14(12,4)16/h10-12,16H,5-9H2,1-4H3/t10-,11?,12-,14-,15?/m1/s1. The second-order valence-corrected chi connectivity index (χ2v) is 7.70. The minimum absolute atomic E-state index is 0.352. The molecule has 0 amide bonds. The maximum atomic E-state index is 10.6. The molecule has 3 rings (SSSR count). The lowest BCUT2D eigenvalue weighted by Gasteiger charge is -2.44. The molecule has 1 heteroatoms. The maximum Gasteiger partial charge on any atom is 0.0653 e. The summed E-state index contributed by atoms with van der Waals surface area (Å²) in [5.41, 5.74) is 0.542. The van der Waals surface area contributed by atoms with Gasteiger partial charge >= 0.3 is 0 Å². The summed E-state index contributed by atoms with van der Waals surface area (Å²) < 4.78 is 0. The van der Waals surface area contributed by atoms with E-state index in [9.17, 15) is 5.11 Å². The van der Waals surface area contributed by atoms with E-state index in [1.807, 2.05) is 0 Å². The van der Waals surface area contributed by atoms with Crippen LogP contribution in [0.4, 0.5) is 0 Å². The Morgan fingerprint density at radius 3 is 2.38 bits per heavy atom. The molecule has 1 nitrogen and oxygen atoms in total. The van der Waals surface area contributed by atoms with E-state index in [4.69, 9.17) is 0 Å². The fourth-order valence-corrected chi connectivity index (χ4v) is 5.88. The minimum Gasteiger partial charge on any atom is -0.390 e. The van der Waals surface area contributed by atoms with Crippen molar-refractivity contribution in [2.24, 2.45) is 28.6 Å². The molecule has 0 aromatic carbocycles. The molecular weight excluding hydrogens is 196 g/mol. The summed E-state index contributed by atoms with van der Waals surface area (Å²) in [7, 11) is 0. The topological polar surface area (TPSA) is 20.2 Å². The minimum atomic E-state index is -0.404. The van der Waals surface area contributed by atoms with Crippen LogP contribution in [-0.4, -0.2) is 10.7 Å². The van der Waals surface area contributed by atoms with Crippen molar-refractivity contribution in [3.05, 3.63) is 0 Å². The zero-order valence-corrected chi connectivity index (χ0v) is 11.2. The van der Waals surface area contributed by atoms with Crippen molar-refractivity contribution in [1.82, 2.24) is 0 Å². The molecule has 3 aliphatic carbocycles. The molecule has 3 fully saturated rings. The lowest BCUT2D eigenvalue weighted by atomic mass is 9.64. The van der Waals surface area contributed by atoms with Crippen molar-refractivity contribution in [1.29, 1.82) is 0 Å². The van der Waals surface area contributed by atoms with Crippen LogP contribution in [0.15, 0.2) is 0 Å². The summed E-state index contributed by atoms with van der Waals surface area (Å²) in [5.74, 6) is 2.29. The molecule has 1 N–H and O–H groups in total. The third-order valence-electron chi connectivity index (χ3n) is 6.79. The van der Waals surface area contributed by atoms with E-state index >= 15 is 0 Å². The first-order chi connectivity index (χ1) is 7.31.